The molecule has 0 spiro atoms. The fraction of sp³-hybridized carbons (Fsp3) is 0.706. The SMILES string of the molecule is C=CC(OOC(C)(C)CC)OC(=O)OC(C=C)OOC(C)(C)CC. The van der Waals surface area contributed by atoms with Gasteiger partial charge in [-0.15, -0.1) is 0 Å². The Morgan fingerprint density at radius 3 is 1.46 bits per heavy atom. The number of carbonyl (C=O) groups is 1. The zero-order valence-corrected chi connectivity index (χ0v) is 15.5. The van der Waals surface area contributed by atoms with Gasteiger partial charge in [-0.1, -0.05) is 27.0 Å². The Kier molecular flexibility index (Phi) is 9.84. The van der Waals surface area contributed by atoms with Crippen LogP contribution in [-0.4, -0.2) is 29.9 Å². The Labute approximate surface area is 144 Å². The van der Waals surface area contributed by atoms with E-state index in [1.165, 1.54) is 12.2 Å². The molecule has 0 heterocycles. The van der Waals surface area contributed by atoms with Crippen LogP contribution in [0.4, 0.5) is 4.79 Å². The maximum Gasteiger partial charge on any atom is 0.513 e. The van der Waals surface area contributed by atoms with Crippen molar-refractivity contribution in [2.75, 3.05) is 0 Å². The summed E-state index contributed by atoms with van der Waals surface area (Å²) in [7, 11) is 0. The summed E-state index contributed by atoms with van der Waals surface area (Å²) >= 11 is 0. The first-order valence-electron chi connectivity index (χ1n) is 7.90. The molecule has 0 amide bonds. The van der Waals surface area contributed by atoms with E-state index >= 15 is 0 Å². The maximum atomic E-state index is 11.8. The lowest BCUT2D eigenvalue weighted by atomic mass is 10.1. The molecular formula is C17H30O7. The summed E-state index contributed by atoms with van der Waals surface area (Å²) in [4.78, 5) is 32.2. The van der Waals surface area contributed by atoms with Gasteiger partial charge >= 0.3 is 6.16 Å². The number of ether oxygens (including phenoxy) is 2. The lowest BCUT2D eigenvalue weighted by Gasteiger charge is -2.25. The predicted octanol–water partition coefficient (Wildman–Crippen LogP) is 4.44. The number of hydrogen-bond acceptors (Lipinski definition) is 7. The van der Waals surface area contributed by atoms with Crippen LogP contribution in [0.15, 0.2) is 25.3 Å². The third-order valence-corrected chi connectivity index (χ3v) is 3.25. The van der Waals surface area contributed by atoms with Crippen LogP contribution in [0.3, 0.4) is 0 Å². The summed E-state index contributed by atoms with van der Waals surface area (Å²) in [6.45, 7) is 18.2. The van der Waals surface area contributed by atoms with E-state index in [4.69, 9.17) is 29.0 Å². The van der Waals surface area contributed by atoms with Crippen LogP contribution >= 0.6 is 0 Å². The summed E-state index contributed by atoms with van der Waals surface area (Å²) in [5.41, 5.74) is -1.05. The maximum absolute atomic E-state index is 11.8. The summed E-state index contributed by atoms with van der Waals surface area (Å²) in [5.74, 6) is 0. The van der Waals surface area contributed by atoms with E-state index in [2.05, 4.69) is 13.2 Å². The van der Waals surface area contributed by atoms with Crippen LogP contribution in [-0.2, 0) is 29.0 Å². The van der Waals surface area contributed by atoms with Gasteiger partial charge in [0.1, 0.15) is 0 Å². The van der Waals surface area contributed by atoms with Crippen LogP contribution in [0.2, 0.25) is 0 Å². The van der Waals surface area contributed by atoms with Crippen molar-refractivity contribution in [3.05, 3.63) is 25.3 Å². The highest BCUT2D eigenvalue weighted by molar-refractivity contribution is 5.60. The second-order valence-electron chi connectivity index (χ2n) is 6.28. The molecule has 7 nitrogen and oxygen atoms in total. The standard InChI is InChI=1S/C17H30O7/c1-9-13(21-23-16(5,6)11-3)19-15(18)20-14(10-2)22-24-17(7,8)12-4/h9-10,13-14H,1-2,11-12H2,3-8H3. The van der Waals surface area contributed by atoms with E-state index < -0.39 is 29.9 Å². The largest absolute Gasteiger partial charge is 0.513 e. The van der Waals surface area contributed by atoms with Crippen molar-refractivity contribution in [1.82, 2.24) is 0 Å². The summed E-state index contributed by atoms with van der Waals surface area (Å²) in [6.07, 6.45) is 0.640. The molecule has 0 rings (SSSR count). The molecule has 2 atom stereocenters. The van der Waals surface area contributed by atoms with Gasteiger partial charge in [-0.3, -0.25) is 0 Å². The topological polar surface area (TPSA) is 72.5 Å². The minimum Gasteiger partial charge on any atom is -0.398 e. The summed E-state index contributed by atoms with van der Waals surface area (Å²) in [6, 6.07) is 0. The molecule has 0 fully saturated rings. The minimum atomic E-state index is -1.12. The first-order valence-corrected chi connectivity index (χ1v) is 7.90. The van der Waals surface area contributed by atoms with E-state index in [-0.39, 0.29) is 0 Å². The van der Waals surface area contributed by atoms with Crippen molar-refractivity contribution in [2.24, 2.45) is 0 Å². The Hall–Kier alpha value is -1.41. The monoisotopic (exact) mass is 346 g/mol. The molecule has 0 saturated carbocycles. The number of carbonyl (C=O) groups excluding carboxylic acids is 1. The molecule has 0 aromatic carbocycles. The smallest absolute Gasteiger partial charge is 0.398 e. The van der Waals surface area contributed by atoms with Crippen LogP contribution in [0.25, 0.3) is 0 Å². The van der Waals surface area contributed by atoms with Crippen LogP contribution in [0, 0.1) is 0 Å². The Bertz CT molecular complexity index is 368. The van der Waals surface area contributed by atoms with Gasteiger partial charge < -0.3 is 9.47 Å². The molecule has 0 aliphatic heterocycles. The van der Waals surface area contributed by atoms with Crippen molar-refractivity contribution in [1.29, 1.82) is 0 Å². The third-order valence-electron chi connectivity index (χ3n) is 3.25. The van der Waals surface area contributed by atoms with Gasteiger partial charge in [-0.05, 0) is 52.7 Å². The molecule has 0 saturated heterocycles. The minimum absolute atomic E-state index is 0.527. The molecule has 0 bridgehead atoms. The van der Waals surface area contributed by atoms with Gasteiger partial charge in [0.15, 0.2) is 0 Å². The average Bonchev–Trinajstić information content (AvgIpc) is 2.55. The van der Waals surface area contributed by atoms with Gasteiger partial charge in [-0.25, -0.2) is 14.6 Å². The van der Waals surface area contributed by atoms with E-state index in [1.54, 1.807) is 0 Å². The van der Waals surface area contributed by atoms with Gasteiger partial charge in [0.05, 0.1) is 11.2 Å². The highest BCUT2D eigenvalue weighted by Crippen LogP contribution is 2.17. The van der Waals surface area contributed by atoms with Crippen LogP contribution < -0.4 is 0 Å². The number of rotatable bonds is 12. The Balaban J connectivity index is 4.40. The molecule has 140 valence electrons. The zero-order valence-electron chi connectivity index (χ0n) is 15.5. The Morgan fingerprint density at radius 1 is 0.875 bits per heavy atom. The van der Waals surface area contributed by atoms with E-state index in [1.807, 2.05) is 41.5 Å². The zero-order chi connectivity index (χ0) is 18.8. The number of hydrogen-bond donors (Lipinski definition) is 0. The quantitative estimate of drug-likeness (QED) is 0.170. The molecule has 0 radical (unpaired) electrons. The first-order chi connectivity index (χ1) is 11.1. The molecule has 7 heteroatoms. The van der Waals surface area contributed by atoms with Crippen LogP contribution in [0.1, 0.15) is 54.4 Å². The summed E-state index contributed by atoms with van der Waals surface area (Å²) in [5, 5.41) is 0. The van der Waals surface area contributed by atoms with Crippen molar-refractivity contribution in [2.45, 2.75) is 78.2 Å². The fourth-order valence-corrected chi connectivity index (χ4v) is 0.905. The lowest BCUT2D eigenvalue weighted by molar-refractivity contribution is -0.412. The first kappa shape index (κ1) is 22.6. The van der Waals surface area contributed by atoms with E-state index in [0.717, 1.165) is 0 Å². The lowest BCUT2D eigenvalue weighted by Crippen LogP contribution is -2.31. The summed E-state index contributed by atoms with van der Waals surface area (Å²) < 4.78 is 9.84. The highest BCUT2D eigenvalue weighted by atomic mass is 17.2. The molecule has 0 aromatic heterocycles. The third kappa shape index (κ3) is 9.67. The predicted molar refractivity (Wildman–Crippen MR) is 88.6 cm³/mol. The molecule has 0 aromatic rings. The highest BCUT2D eigenvalue weighted by Gasteiger charge is 2.24. The molecule has 24 heavy (non-hydrogen) atoms. The Morgan fingerprint density at radius 2 is 1.21 bits per heavy atom. The van der Waals surface area contributed by atoms with Gasteiger partial charge in [0, 0.05) is 0 Å². The van der Waals surface area contributed by atoms with Crippen molar-refractivity contribution < 1.29 is 33.8 Å². The van der Waals surface area contributed by atoms with Crippen LogP contribution in [0.5, 0.6) is 0 Å². The average molecular weight is 346 g/mol. The fourth-order valence-electron chi connectivity index (χ4n) is 0.905. The molecular weight excluding hydrogens is 316 g/mol. The van der Waals surface area contributed by atoms with Gasteiger partial charge in [0.25, 0.3) is 12.6 Å². The van der Waals surface area contributed by atoms with Gasteiger partial charge in [-0.2, -0.15) is 9.78 Å². The second-order valence-corrected chi connectivity index (χ2v) is 6.28. The van der Waals surface area contributed by atoms with Gasteiger partial charge in [0.2, 0.25) is 0 Å². The van der Waals surface area contributed by atoms with Crippen molar-refractivity contribution in [3.63, 3.8) is 0 Å². The van der Waals surface area contributed by atoms with Crippen molar-refractivity contribution in [3.8, 4) is 0 Å². The van der Waals surface area contributed by atoms with E-state index in [0.29, 0.717) is 12.8 Å². The molecule has 0 N–H and O–H groups in total. The van der Waals surface area contributed by atoms with Crippen molar-refractivity contribution >= 4 is 6.16 Å². The second kappa shape index (κ2) is 10.5. The molecule has 0 aliphatic carbocycles. The molecule has 2 unspecified atom stereocenters. The normalized spacial score (nSPS) is 14.6. The van der Waals surface area contributed by atoms with E-state index in [9.17, 15) is 4.79 Å². The molecule has 0 aliphatic rings.